The fourth-order valence-corrected chi connectivity index (χ4v) is 4.78. The molecule has 0 bridgehead atoms. The van der Waals surface area contributed by atoms with Gasteiger partial charge in [-0.2, -0.15) is 0 Å². The summed E-state index contributed by atoms with van der Waals surface area (Å²) in [5.74, 6) is 2.29. The van der Waals surface area contributed by atoms with Gasteiger partial charge < -0.3 is 9.32 Å². The number of fused-ring (bicyclic) bond motifs is 1. The summed E-state index contributed by atoms with van der Waals surface area (Å²) in [5.41, 5.74) is 0.942. The van der Waals surface area contributed by atoms with E-state index in [1.807, 2.05) is 24.3 Å². The Morgan fingerprint density at radius 3 is 2.85 bits per heavy atom. The van der Waals surface area contributed by atoms with Crippen LogP contribution in [0.15, 0.2) is 34.9 Å². The molecular weight excluding hydrogens is 348 g/mol. The van der Waals surface area contributed by atoms with Crippen molar-refractivity contribution in [2.24, 2.45) is 5.92 Å². The summed E-state index contributed by atoms with van der Waals surface area (Å²) in [6.45, 7) is 2.19. The Balaban J connectivity index is 1.38. The van der Waals surface area contributed by atoms with Crippen molar-refractivity contribution in [3.05, 3.63) is 41.4 Å². The molecule has 3 atom stereocenters. The van der Waals surface area contributed by atoms with Gasteiger partial charge in [-0.1, -0.05) is 24.4 Å². The molecule has 4 rings (SSSR count). The van der Waals surface area contributed by atoms with Crippen molar-refractivity contribution in [2.75, 3.05) is 0 Å². The number of nitrogens with zero attached hydrogens (tertiary/aromatic N) is 2. The van der Waals surface area contributed by atoms with E-state index in [1.165, 1.54) is 25.7 Å². The molecule has 1 aromatic heterocycles. The highest BCUT2D eigenvalue weighted by Gasteiger charge is 2.42. The van der Waals surface area contributed by atoms with Crippen LogP contribution in [0.25, 0.3) is 11.3 Å². The third kappa shape index (κ3) is 3.52. The Bertz CT molecular complexity index is 771. The first-order valence-corrected chi connectivity index (χ1v) is 10.0. The number of amides is 1. The fourth-order valence-electron chi connectivity index (χ4n) is 4.65. The van der Waals surface area contributed by atoms with Crippen molar-refractivity contribution >= 4 is 17.5 Å². The average molecular weight is 373 g/mol. The molecular formula is C21H25ClN2O2. The minimum Gasteiger partial charge on any atom is -0.441 e. The van der Waals surface area contributed by atoms with Gasteiger partial charge >= 0.3 is 0 Å². The smallest absolute Gasteiger partial charge is 0.223 e. The summed E-state index contributed by atoms with van der Waals surface area (Å²) in [4.78, 5) is 19.3. The molecule has 1 aromatic carbocycles. The molecule has 0 radical (unpaired) electrons. The molecule has 2 aliphatic rings. The van der Waals surface area contributed by atoms with Crippen molar-refractivity contribution in [1.82, 2.24) is 9.88 Å². The number of aromatic nitrogens is 1. The maximum atomic E-state index is 12.8. The fraction of sp³-hybridized carbons (Fsp3) is 0.524. The number of likely N-dealkylation sites (tertiary alicyclic amines) is 1. The number of aryl methyl sites for hydroxylation is 1. The Morgan fingerprint density at radius 2 is 2.04 bits per heavy atom. The normalized spacial score (nSPS) is 25.3. The van der Waals surface area contributed by atoms with Crippen molar-refractivity contribution in [2.45, 2.75) is 64.0 Å². The molecule has 1 saturated heterocycles. The maximum absolute atomic E-state index is 12.8. The summed E-state index contributed by atoms with van der Waals surface area (Å²) in [7, 11) is 0. The highest BCUT2D eigenvalue weighted by molar-refractivity contribution is 6.30. The van der Waals surface area contributed by atoms with Crippen LogP contribution in [0.2, 0.25) is 5.02 Å². The lowest BCUT2D eigenvalue weighted by Crippen LogP contribution is -2.42. The van der Waals surface area contributed by atoms with Crippen LogP contribution in [-0.2, 0) is 11.2 Å². The second-order valence-electron chi connectivity index (χ2n) is 7.62. The topological polar surface area (TPSA) is 46.3 Å². The first-order chi connectivity index (χ1) is 12.6. The largest absolute Gasteiger partial charge is 0.441 e. The standard InChI is InChI=1S/C21H25ClN2O2/c1-14-12-16-4-2-3-5-18(16)24(14)21(25)11-10-20-23-13-19(26-20)15-6-8-17(22)9-7-15/h6-9,13-14,16,18H,2-5,10-12H2,1H3. The van der Waals surface area contributed by atoms with Crippen molar-refractivity contribution < 1.29 is 9.21 Å². The lowest BCUT2D eigenvalue weighted by molar-refractivity contribution is -0.134. The van der Waals surface area contributed by atoms with Gasteiger partial charge in [0.1, 0.15) is 0 Å². The molecule has 0 spiro atoms. The monoisotopic (exact) mass is 372 g/mol. The molecule has 5 heteroatoms. The Morgan fingerprint density at radius 1 is 1.27 bits per heavy atom. The van der Waals surface area contributed by atoms with Gasteiger partial charge in [0.05, 0.1) is 6.20 Å². The molecule has 3 unspecified atom stereocenters. The third-order valence-corrected chi connectivity index (χ3v) is 6.12. The van der Waals surface area contributed by atoms with E-state index in [9.17, 15) is 4.79 Å². The van der Waals surface area contributed by atoms with Gasteiger partial charge in [0.15, 0.2) is 11.7 Å². The van der Waals surface area contributed by atoms with E-state index < -0.39 is 0 Å². The predicted octanol–water partition coefficient (Wildman–Crippen LogP) is 5.11. The molecule has 2 heterocycles. The lowest BCUT2D eigenvalue weighted by atomic mass is 9.85. The van der Waals surface area contributed by atoms with Crippen LogP contribution in [0.1, 0.15) is 51.3 Å². The van der Waals surface area contributed by atoms with Crippen molar-refractivity contribution in [1.29, 1.82) is 0 Å². The van der Waals surface area contributed by atoms with E-state index in [0.29, 0.717) is 47.5 Å². The van der Waals surface area contributed by atoms with E-state index in [4.69, 9.17) is 16.0 Å². The van der Waals surface area contributed by atoms with E-state index in [2.05, 4.69) is 16.8 Å². The molecule has 1 aliphatic carbocycles. The van der Waals surface area contributed by atoms with Crippen LogP contribution in [0.4, 0.5) is 0 Å². The summed E-state index contributed by atoms with van der Waals surface area (Å²) in [6, 6.07) is 8.31. The number of halogens is 1. The number of rotatable bonds is 4. The van der Waals surface area contributed by atoms with E-state index in [0.717, 1.165) is 12.0 Å². The van der Waals surface area contributed by atoms with Gasteiger partial charge in [-0.3, -0.25) is 4.79 Å². The summed E-state index contributed by atoms with van der Waals surface area (Å²) >= 11 is 5.92. The van der Waals surface area contributed by atoms with Gasteiger partial charge in [0.25, 0.3) is 0 Å². The Kier molecular flexibility index (Phi) is 5.03. The molecule has 26 heavy (non-hydrogen) atoms. The molecule has 2 aromatic rings. The Labute approximate surface area is 159 Å². The molecule has 1 aliphatic heterocycles. The molecule has 1 saturated carbocycles. The lowest BCUT2D eigenvalue weighted by Gasteiger charge is -2.33. The summed E-state index contributed by atoms with van der Waals surface area (Å²) in [5, 5.41) is 0.694. The van der Waals surface area contributed by atoms with Crippen molar-refractivity contribution in [3.63, 3.8) is 0 Å². The predicted molar refractivity (Wildman–Crippen MR) is 102 cm³/mol. The number of carbonyl (C=O) groups is 1. The highest BCUT2D eigenvalue weighted by atomic mass is 35.5. The minimum absolute atomic E-state index is 0.248. The zero-order valence-corrected chi connectivity index (χ0v) is 15.9. The van der Waals surface area contributed by atoms with Crippen LogP contribution >= 0.6 is 11.6 Å². The SMILES string of the molecule is CC1CC2CCCCC2N1C(=O)CCc1ncc(-c2ccc(Cl)cc2)o1. The maximum Gasteiger partial charge on any atom is 0.223 e. The molecule has 0 N–H and O–H groups in total. The third-order valence-electron chi connectivity index (χ3n) is 5.87. The van der Waals surface area contributed by atoms with Gasteiger partial charge in [-0.25, -0.2) is 4.98 Å². The first-order valence-electron chi connectivity index (χ1n) is 9.63. The quantitative estimate of drug-likeness (QED) is 0.749. The molecule has 2 fully saturated rings. The van der Waals surface area contributed by atoms with E-state index >= 15 is 0 Å². The number of hydrogen-bond donors (Lipinski definition) is 0. The van der Waals surface area contributed by atoms with Gasteiger partial charge in [0.2, 0.25) is 5.91 Å². The highest BCUT2D eigenvalue weighted by Crippen LogP contribution is 2.39. The van der Waals surface area contributed by atoms with Gasteiger partial charge in [-0.15, -0.1) is 0 Å². The summed E-state index contributed by atoms with van der Waals surface area (Å²) < 4.78 is 5.83. The number of benzene rings is 1. The molecule has 1 amide bonds. The zero-order chi connectivity index (χ0) is 18.1. The van der Waals surface area contributed by atoms with E-state index in [-0.39, 0.29) is 5.91 Å². The van der Waals surface area contributed by atoms with Gasteiger partial charge in [0, 0.05) is 35.5 Å². The minimum atomic E-state index is 0.248. The Hall–Kier alpha value is -1.81. The second kappa shape index (κ2) is 7.43. The summed E-state index contributed by atoms with van der Waals surface area (Å²) in [6.07, 6.45) is 8.92. The second-order valence-corrected chi connectivity index (χ2v) is 8.06. The van der Waals surface area contributed by atoms with Crippen LogP contribution in [-0.4, -0.2) is 27.9 Å². The average Bonchev–Trinajstić information content (AvgIpc) is 3.24. The number of carbonyl (C=O) groups excluding carboxylic acids is 1. The zero-order valence-electron chi connectivity index (χ0n) is 15.2. The van der Waals surface area contributed by atoms with Gasteiger partial charge in [-0.05, 0) is 56.4 Å². The van der Waals surface area contributed by atoms with Crippen LogP contribution in [0.5, 0.6) is 0 Å². The van der Waals surface area contributed by atoms with Crippen LogP contribution < -0.4 is 0 Å². The number of oxazole rings is 1. The van der Waals surface area contributed by atoms with Crippen molar-refractivity contribution in [3.8, 4) is 11.3 Å². The van der Waals surface area contributed by atoms with Crippen LogP contribution in [0.3, 0.4) is 0 Å². The first kappa shape index (κ1) is 17.6. The molecule has 4 nitrogen and oxygen atoms in total. The van der Waals surface area contributed by atoms with Crippen LogP contribution in [0, 0.1) is 5.92 Å². The van der Waals surface area contributed by atoms with E-state index in [1.54, 1.807) is 6.20 Å². The molecule has 138 valence electrons. The number of hydrogen-bond acceptors (Lipinski definition) is 3.